The Morgan fingerprint density at radius 3 is 1.79 bits per heavy atom. The van der Waals surface area contributed by atoms with E-state index in [1.165, 1.54) is 6.92 Å². The molecule has 0 saturated carbocycles. The van der Waals surface area contributed by atoms with E-state index in [-0.39, 0.29) is 11.8 Å². The average Bonchev–Trinajstić information content (AvgIpc) is 2.75. The van der Waals surface area contributed by atoms with Crippen molar-refractivity contribution in [1.82, 2.24) is 10.2 Å². The molecule has 1 N–H and O–H groups in total. The van der Waals surface area contributed by atoms with Crippen LogP contribution < -0.4 is 5.32 Å². The third-order valence-electron chi connectivity index (χ3n) is 5.36. The van der Waals surface area contributed by atoms with E-state index < -0.39 is 11.6 Å². The number of piperazine rings is 1. The molecule has 1 unspecified atom stereocenters. The molecule has 1 aliphatic heterocycles. The van der Waals surface area contributed by atoms with Gasteiger partial charge in [0.15, 0.2) is 0 Å². The largest absolute Gasteiger partial charge is 0.339 e. The molecule has 1 atom stereocenters. The number of nitrogens with zero attached hydrogens (tertiary/aromatic N) is 1. The Kier molecular flexibility index (Phi) is 4.70. The molecule has 1 saturated heterocycles. The van der Waals surface area contributed by atoms with Gasteiger partial charge in [0.05, 0.1) is 6.54 Å². The predicted molar refractivity (Wildman–Crippen MR) is 108 cm³/mol. The van der Waals surface area contributed by atoms with Gasteiger partial charge in [0.2, 0.25) is 11.8 Å². The van der Waals surface area contributed by atoms with Crippen LogP contribution in [0.1, 0.15) is 29.7 Å². The first kappa shape index (κ1) is 18.0. The quantitative estimate of drug-likeness (QED) is 0.765. The number of nitrogens with one attached hydrogen (secondary N) is 1. The highest BCUT2D eigenvalue weighted by molar-refractivity contribution is 5.90. The van der Waals surface area contributed by atoms with Crippen molar-refractivity contribution in [1.29, 1.82) is 0 Å². The fraction of sp³-hybridized carbons (Fsp3) is 0.167. The van der Waals surface area contributed by atoms with Gasteiger partial charge in [-0.2, -0.15) is 0 Å². The van der Waals surface area contributed by atoms with Gasteiger partial charge < -0.3 is 10.2 Å². The maximum atomic E-state index is 13.4. The van der Waals surface area contributed by atoms with Gasteiger partial charge >= 0.3 is 0 Å². The number of carbonyl (C=O) groups is 2. The third-order valence-corrected chi connectivity index (χ3v) is 5.36. The lowest BCUT2D eigenvalue weighted by atomic mass is 9.79. The Bertz CT molecular complexity index is 932. The van der Waals surface area contributed by atoms with Crippen molar-refractivity contribution in [2.75, 3.05) is 6.54 Å². The molecule has 1 fully saturated rings. The first-order valence-corrected chi connectivity index (χ1v) is 9.37. The van der Waals surface area contributed by atoms with Gasteiger partial charge in [-0.15, -0.1) is 0 Å². The number of hydrogen-bond donors (Lipinski definition) is 1. The van der Waals surface area contributed by atoms with E-state index >= 15 is 0 Å². The molecular weight excluding hydrogens is 348 g/mol. The van der Waals surface area contributed by atoms with Crippen LogP contribution >= 0.6 is 0 Å². The van der Waals surface area contributed by atoms with E-state index in [1.807, 2.05) is 91.0 Å². The summed E-state index contributed by atoms with van der Waals surface area (Å²) < 4.78 is 0. The summed E-state index contributed by atoms with van der Waals surface area (Å²) in [5.41, 5.74) is 1.92. The highest BCUT2D eigenvalue weighted by atomic mass is 16.2. The Balaban J connectivity index is 1.86. The molecule has 1 heterocycles. The summed E-state index contributed by atoms with van der Waals surface area (Å²) in [6.45, 7) is 1.89. The van der Waals surface area contributed by atoms with Gasteiger partial charge in [-0.25, -0.2) is 0 Å². The van der Waals surface area contributed by atoms with Crippen LogP contribution in [0.15, 0.2) is 91.0 Å². The Morgan fingerprint density at radius 2 is 1.32 bits per heavy atom. The first-order valence-electron chi connectivity index (χ1n) is 9.37. The lowest BCUT2D eigenvalue weighted by Gasteiger charge is -2.47. The summed E-state index contributed by atoms with van der Waals surface area (Å²) in [4.78, 5) is 27.7. The molecule has 3 aromatic rings. The number of rotatable bonds is 3. The summed E-state index contributed by atoms with van der Waals surface area (Å²) in [6.07, 6.45) is 0. The first-order chi connectivity index (χ1) is 13.6. The van der Waals surface area contributed by atoms with Crippen molar-refractivity contribution in [3.8, 4) is 0 Å². The topological polar surface area (TPSA) is 49.4 Å². The lowest BCUT2D eigenvalue weighted by Crippen LogP contribution is -2.63. The van der Waals surface area contributed by atoms with Crippen LogP contribution in [0.5, 0.6) is 0 Å². The fourth-order valence-corrected chi connectivity index (χ4v) is 4.01. The molecule has 140 valence electrons. The van der Waals surface area contributed by atoms with Crippen LogP contribution in [0.3, 0.4) is 0 Å². The molecule has 0 spiro atoms. The minimum Gasteiger partial charge on any atom is -0.339 e. The van der Waals surface area contributed by atoms with E-state index in [2.05, 4.69) is 5.32 Å². The second-order valence-electron chi connectivity index (χ2n) is 7.09. The minimum atomic E-state index is -0.795. The standard InChI is InChI=1S/C24H22N2O2/c1-18(27)26-17-24(20-13-7-3-8-14-20,21-15-9-4-10-16-21)25-23(28)22(26)19-11-5-2-6-12-19/h2-16,22H,17H2,1H3,(H,25,28). The molecule has 0 aromatic heterocycles. The van der Waals surface area contributed by atoms with E-state index in [0.29, 0.717) is 6.54 Å². The van der Waals surface area contributed by atoms with E-state index in [9.17, 15) is 9.59 Å². The normalized spacial score (nSPS) is 18.4. The summed E-state index contributed by atoms with van der Waals surface area (Å²) in [5.74, 6) is -0.305. The van der Waals surface area contributed by atoms with Crippen molar-refractivity contribution in [2.24, 2.45) is 0 Å². The van der Waals surface area contributed by atoms with Crippen LogP contribution in [-0.4, -0.2) is 23.3 Å². The van der Waals surface area contributed by atoms with Crippen LogP contribution in [0, 0.1) is 0 Å². The molecule has 4 nitrogen and oxygen atoms in total. The third kappa shape index (κ3) is 3.07. The Morgan fingerprint density at radius 1 is 0.857 bits per heavy atom. The molecule has 0 aliphatic carbocycles. The highest BCUT2D eigenvalue weighted by Gasteiger charge is 2.47. The molecule has 0 bridgehead atoms. The molecule has 0 radical (unpaired) electrons. The van der Waals surface area contributed by atoms with Crippen LogP contribution in [0.4, 0.5) is 0 Å². The second-order valence-corrected chi connectivity index (χ2v) is 7.09. The number of carbonyl (C=O) groups excluding carboxylic acids is 2. The molecule has 28 heavy (non-hydrogen) atoms. The van der Waals surface area contributed by atoms with Crippen molar-refractivity contribution in [3.05, 3.63) is 108 Å². The molecule has 3 aromatic carbocycles. The zero-order valence-electron chi connectivity index (χ0n) is 15.7. The summed E-state index contributed by atoms with van der Waals surface area (Å²) >= 11 is 0. The summed E-state index contributed by atoms with van der Waals surface area (Å²) in [7, 11) is 0. The zero-order chi connectivity index (χ0) is 19.6. The van der Waals surface area contributed by atoms with Crippen molar-refractivity contribution >= 4 is 11.8 Å². The molecule has 1 aliphatic rings. The molecule has 4 heteroatoms. The van der Waals surface area contributed by atoms with Crippen molar-refractivity contribution in [2.45, 2.75) is 18.5 Å². The predicted octanol–water partition coefficient (Wildman–Crippen LogP) is 3.65. The van der Waals surface area contributed by atoms with Gasteiger partial charge in [0.25, 0.3) is 0 Å². The highest BCUT2D eigenvalue weighted by Crippen LogP contribution is 2.38. The second kappa shape index (κ2) is 7.31. The van der Waals surface area contributed by atoms with Crippen LogP contribution in [-0.2, 0) is 15.1 Å². The van der Waals surface area contributed by atoms with Gasteiger partial charge in [0, 0.05) is 6.92 Å². The van der Waals surface area contributed by atoms with Crippen LogP contribution in [0.2, 0.25) is 0 Å². The zero-order valence-corrected chi connectivity index (χ0v) is 15.7. The SMILES string of the molecule is CC(=O)N1CC(c2ccccc2)(c2ccccc2)NC(=O)C1c1ccccc1. The van der Waals surface area contributed by atoms with Crippen molar-refractivity contribution < 1.29 is 9.59 Å². The smallest absolute Gasteiger partial charge is 0.248 e. The number of benzene rings is 3. The lowest BCUT2D eigenvalue weighted by molar-refractivity contribution is -0.145. The summed E-state index contributed by atoms with van der Waals surface area (Å²) in [5, 5.41) is 3.26. The fourth-order valence-electron chi connectivity index (χ4n) is 4.01. The molecule has 2 amide bonds. The van der Waals surface area contributed by atoms with E-state index in [1.54, 1.807) is 4.90 Å². The van der Waals surface area contributed by atoms with Gasteiger partial charge in [-0.1, -0.05) is 91.0 Å². The Hall–Kier alpha value is -3.40. The van der Waals surface area contributed by atoms with Crippen LogP contribution in [0.25, 0.3) is 0 Å². The van der Waals surface area contributed by atoms with Gasteiger partial charge in [0.1, 0.15) is 11.6 Å². The van der Waals surface area contributed by atoms with Gasteiger partial charge in [-0.3, -0.25) is 9.59 Å². The minimum absolute atomic E-state index is 0.125. The monoisotopic (exact) mass is 370 g/mol. The van der Waals surface area contributed by atoms with Crippen molar-refractivity contribution in [3.63, 3.8) is 0 Å². The number of hydrogen-bond acceptors (Lipinski definition) is 2. The molecular formula is C24H22N2O2. The maximum Gasteiger partial charge on any atom is 0.248 e. The Labute approximate surface area is 164 Å². The summed E-state index contributed by atoms with van der Waals surface area (Å²) in [6, 6.07) is 28.5. The van der Waals surface area contributed by atoms with E-state index in [4.69, 9.17) is 0 Å². The molecule has 4 rings (SSSR count). The maximum absolute atomic E-state index is 13.4. The van der Waals surface area contributed by atoms with E-state index in [0.717, 1.165) is 16.7 Å². The van der Waals surface area contributed by atoms with Gasteiger partial charge in [-0.05, 0) is 16.7 Å². The number of amides is 2. The average molecular weight is 370 g/mol.